The summed E-state index contributed by atoms with van der Waals surface area (Å²) in [6, 6.07) is -3.15. The van der Waals surface area contributed by atoms with Crippen molar-refractivity contribution >= 4 is 23.7 Å². The second kappa shape index (κ2) is 11.4. The molecule has 0 aromatic carbocycles. The molecule has 0 aromatic heterocycles. The van der Waals surface area contributed by atoms with Gasteiger partial charge in [-0.15, -0.1) is 0 Å². The predicted octanol–water partition coefficient (Wildman–Crippen LogP) is -1.82. The van der Waals surface area contributed by atoms with Crippen LogP contribution >= 0.6 is 0 Å². The van der Waals surface area contributed by atoms with E-state index in [0.717, 1.165) is 0 Å². The minimum absolute atomic E-state index is 0.0643. The zero-order chi connectivity index (χ0) is 20.4. The maximum absolute atomic E-state index is 12.4. The minimum atomic E-state index is -1.15. The molecule has 0 bridgehead atoms. The molecule has 0 rings (SSSR count). The van der Waals surface area contributed by atoms with E-state index in [1.54, 1.807) is 13.8 Å². The first-order chi connectivity index (χ1) is 12.0. The number of carbonyl (C=O) groups is 4. The number of carboxylic acid groups (broad SMARTS) is 1. The summed E-state index contributed by atoms with van der Waals surface area (Å²) in [6.07, 6.45) is 0.259. The quantitative estimate of drug-likeness (QED) is 0.247. The summed E-state index contributed by atoms with van der Waals surface area (Å²) >= 11 is 0. The van der Waals surface area contributed by atoms with Gasteiger partial charge in [-0.1, -0.05) is 27.7 Å². The third-order valence-corrected chi connectivity index (χ3v) is 3.54. The lowest BCUT2D eigenvalue weighted by atomic mass is 10.0. The summed E-state index contributed by atoms with van der Waals surface area (Å²) in [7, 11) is 0. The normalized spacial score (nSPS) is 14.5. The van der Waals surface area contributed by atoms with Crippen LogP contribution in [-0.2, 0) is 19.2 Å². The highest BCUT2D eigenvalue weighted by Gasteiger charge is 2.29. The number of aliphatic carboxylic acids is 1. The van der Waals surface area contributed by atoms with Crippen LogP contribution in [0.4, 0.5) is 0 Å². The van der Waals surface area contributed by atoms with Gasteiger partial charge in [0.05, 0.1) is 13.2 Å². The molecule has 0 aliphatic carbocycles. The molecule has 0 spiro atoms. The van der Waals surface area contributed by atoms with Crippen LogP contribution in [0.15, 0.2) is 0 Å². The summed E-state index contributed by atoms with van der Waals surface area (Å²) in [5.41, 5.74) is 5.31. The van der Waals surface area contributed by atoms with Crippen LogP contribution in [-0.4, -0.2) is 65.2 Å². The van der Waals surface area contributed by atoms with Crippen molar-refractivity contribution in [2.45, 2.75) is 52.2 Å². The highest BCUT2D eigenvalue weighted by Crippen LogP contribution is 2.07. The maximum Gasteiger partial charge on any atom is 0.326 e. The Hall–Kier alpha value is -2.20. The molecular formula is C16H30N4O6. The van der Waals surface area contributed by atoms with Gasteiger partial charge in [0.15, 0.2) is 0 Å². The number of aliphatic hydroxyl groups is 1. The molecule has 0 saturated heterocycles. The Labute approximate surface area is 152 Å². The van der Waals surface area contributed by atoms with Crippen molar-refractivity contribution in [1.82, 2.24) is 16.0 Å². The van der Waals surface area contributed by atoms with Gasteiger partial charge in [-0.2, -0.15) is 0 Å². The average Bonchev–Trinajstić information content (AvgIpc) is 2.54. The fraction of sp³-hybridized carbons (Fsp3) is 0.750. The Balaban J connectivity index is 4.80. The lowest BCUT2D eigenvalue weighted by molar-refractivity contribution is -0.143. The van der Waals surface area contributed by atoms with Gasteiger partial charge in [0, 0.05) is 0 Å². The topological polar surface area (TPSA) is 171 Å². The summed E-state index contributed by atoms with van der Waals surface area (Å²) < 4.78 is 0. The van der Waals surface area contributed by atoms with Crippen LogP contribution in [0.3, 0.4) is 0 Å². The molecule has 3 unspecified atom stereocenters. The van der Waals surface area contributed by atoms with E-state index in [1.807, 2.05) is 13.8 Å². The van der Waals surface area contributed by atoms with Crippen LogP contribution < -0.4 is 21.7 Å². The third kappa shape index (κ3) is 8.77. The summed E-state index contributed by atoms with van der Waals surface area (Å²) in [6.45, 7) is 6.09. The molecule has 0 heterocycles. The van der Waals surface area contributed by atoms with Gasteiger partial charge in [0.2, 0.25) is 17.7 Å². The minimum Gasteiger partial charge on any atom is -0.480 e. The first kappa shape index (κ1) is 23.8. The van der Waals surface area contributed by atoms with Gasteiger partial charge >= 0.3 is 5.97 Å². The number of carboxylic acids is 1. The van der Waals surface area contributed by atoms with Crippen molar-refractivity contribution in [2.24, 2.45) is 17.6 Å². The molecule has 7 N–H and O–H groups in total. The number of aliphatic hydroxyl groups excluding tert-OH is 1. The Morgan fingerprint density at radius 3 is 2.00 bits per heavy atom. The second-order valence-electron chi connectivity index (χ2n) is 6.83. The molecule has 0 saturated carbocycles. The van der Waals surface area contributed by atoms with E-state index < -0.39 is 55.0 Å². The average molecular weight is 374 g/mol. The number of nitrogens with one attached hydrogen (secondary N) is 3. The fourth-order valence-electron chi connectivity index (χ4n) is 2.10. The SMILES string of the molecule is CC(C)CC(NC(=O)C(NC(=O)CNC(=O)C(N)CO)C(C)C)C(=O)O. The molecule has 150 valence electrons. The molecule has 0 radical (unpaired) electrons. The van der Waals surface area contributed by atoms with Gasteiger partial charge in [-0.25, -0.2) is 4.79 Å². The molecule has 10 heteroatoms. The molecule has 0 aliphatic rings. The van der Waals surface area contributed by atoms with Gasteiger partial charge in [0.1, 0.15) is 18.1 Å². The molecule has 10 nitrogen and oxygen atoms in total. The lowest BCUT2D eigenvalue weighted by Gasteiger charge is -2.24. The number of amides is 3. The van der Waals surface area contributed by atoms with Crippen LogP contribution in [0.2, 0.25) is 0 Å². The maximum atomic E-state index is 12.4. The van der Waals surface area contributed by atoms with E-state index in [9.17, 15) is 24.3 Å². The van der Waals surface area contributed by atoms with E-state index >= 15 is 0 Å². The summed E-state index contributed by atoms with van der Waals surface area (Å²) in [4.78, 5) is 47.0. The highest BCUT2D eigenvalue weighted by molar-refractivity contribution is 5.92. The number of hydrogen-bond donors (Lipinski definition) is 6. The van der Waals surface area contributed by atoms with Crippen molar-refractivity contribution in [1.29, 1.82) is 0 Å². The molecule has 0 aliphatic heterocycles. The van der Waals surface area contributed by atoms with E-state index in [1.165, 1.54) is 0 Å². The van der Waals surface area contributed by atoms with Gasteiger partial charge in [0.25, 0.3) is 0 Å². The Morgan fingerprint density at radius 2 is 1.58 bits per heavy atom. The smallest absolute Gasteiger partial charge is 0.326 e. The Kier molecular flexibility index (Phi) is 10.5. The Bertz CT molecular complexity index is 509. The first-order valence-corrected chi connectivity index (χ1v) is 8.46. The second-order valence-corrected chi connectivity index (χ2v) is 6.83. The van der Waals surface area contributed by atoms with E-state index in [4.69, 9.17) is 10.8 Å². The monoisotopic (exact) mass is 374 g/mol. The number of rotatable bonds is 11. The van der Waals surface area contributed by atoms with Crippen LogP contribution in [0.5, 0.6) is 0 Å². The van der Waals surface area contributed by atoms with E-state index in [2.05, 4.69) is 16.0 Å². The van der Waals surface area contributed by atoms with E-state index in [-0.39, 0.29) is 18.3 Å². The number of carbonyl (C=O) groups excluding carboxylic acids is 3. The van der Waals surface area contributed by atoms with Crippen molar-refractivity contribution in [3.63, 3.8) is 0 Å². The van der Waals surface area contributed by atoms with Gasteiger partial charge in [-0.3, -0.25) is 14.4 Å². The zero-order valence-electron chi connectivity index (χ0n) is 15.6. The standard InChI is InChI=1S/C16H30N4O6/c1-8(2)5-11(16(25)26)19-15(24)13(9(3)4)20-12(22)6-18-14(23)10(17)7-21/h8-11,13,21H,5-7,17H2,1-4H3,(H,18,23)(H,19,24)(H,20,22)(H,25,26). The number of nitrogens with two attached hydrogens (primary N) is 1. The van der Waals surface area contributed by atoms with Crippen LogP contribution in [0, 0.1) is 11.8 Å². The van der Waals surface area contributed by atoms with Crippen molar-refractivity contribution in [3.05, 3.63) is 0 Å². The van der Waals surface area contributed by atoms with Crippen molar-refractivity contribution in [3.8, 4) is 0 Å². The molecule has 0 fully saturated rings. The highest BCUT2D eigenvalue weighted by atomic mass is 16.4. The predicted molar refractivity (Wildman–Crippen MR) is 93.9 cm³/mol. The van der Waals surface area contributed by atoms with Crippen LogP contribution in [0.1, 0.15) is 34.1 Å². The van der Waals surface area contributed by atoms with E-state index in [0.29, 0.717) is 0 Å². The molecule has 3 atom stereocenters. The Morgan fingerprint density at radius 1 is 1.00 bits per heavy atom. The largest absolute Gasteiger partial charge is 0.480 e. The number of hydrogen-bond acceptors (Lipinski definition) is 6. The molecule has 3 amide bonds. The van der Waals surface area contributed by atoms with Crippen molar-refractivity contribution < 1.29 is 29.4 Å². The third-order valence-electron chi connectivity index (χ3n) is 3.54. The summed E-state index contributed by atoms with van der Waals surface area (Å²) in [5, 5.41) is 25.1. The molecular weight excluding hydrogens is 344 g/mol. The lowest BCUT2D eigenvalue weighted by Crippen LogP contribution is -2.55. The summed E-state index contributed by atoms with van der Waals surface area (Å²) in [5.74, 6) is -3.33. The molecule has 26 heavy (non-hydrogen) atoms. The first-order valence-electron chi connectivity index (χ1n) is 8.46. The van der Waals surface area contributed by atoms with Crippen molar-refractivity contribution in [2.75, 3.05) is 13.2 Å². The van der Waals surface area contributed by atoms with Gasteiger partial charge < -0.3 is 31.9 Å². The van der Waals surface area contributed by atoms with Crippen LogP contribution in [0.25, 0.3) is 0 Å². The zero-order valence-corrected chi connectivity index (χ0v) is 15.6. The fourth-order valence-corrected chi connectivity index (χ4v) is 2.10. The van der Waals surface area contributed by atoms with Gasteiger partial charge in [-0.05, 0) is 18.3 Å². The molecule has 0 aromatic rings.